The smallest absolute Gasteiger partial charge is 0.243 e. The van der Waals surface area contributed by atoms with Crippen LogP contribution in [0.4, 0.5) is 0 Å². The Bertz CT molecular complexity index is 1340. The number of hydrogen-bond donors (Lipinski definition) is 1. The van der Waals surface area contributed by atoms with Crippen LogP contribution in [0.1, 0.15) is 47.9 Å². The second kappa shape index (κ2) is 14.7. The molecule has 0 spiro atoms. The summed E-state index contributed by atoms with van der Waals surface area (Å²) in [5.74, 6) is -0.481. The van der Waals surface area contributed by atoms with E-state index in [-0.39, 0.29) is 30.7 Å². The minimum absolute atomic E-state index is 0.128. The standard InChI is InChI=1S/C34H34Cl2N2O2/c1-2-20-37-34(40)32(21-25-12-6-3-7-13-25)38(24-28-18-19-29(35)22-31(28)36)33(39)23-30(26-14-8-4-9-15-26)27-16-10-5-11-17-27/h3-19,22,30,32H,2,20-21,23-24H2,1H3,(H,37,40)/t32-/m1/s1. The zero-order chi connectivity index (χ0) is 28.3. The van der Waals surface area contributed by atoms with E-state index >= 15 is 0 Å². The molecule has 0 bridgehead atoms. The molecule has 2 amide bonds. The molecule has 0 fully saturated rings. The van der Waals surface area contributed by atoms with Gasteiger partial charge in [0.2, 0.25) is 11.8 Å². The number of carbonyl (C=O) groups excluding carboxylic acids is 2. The topological polar surface area (TPSA) is 49.4 Å². The van der Waals surface area contributed by atoms with Crippen LogP contribution < -0.4 is 5.32 Å². The van der Waals surface area contributed by atoms with Crippen molar-refractivity contribution < 1.29 is 9.59 Å². The van der Waals surface area contributed by atoms with E-state index in [1.807, 2.05) is 104 Å². The van der Waals surface area contributed by atoms with E-state index in [4.69, 9.17) is 23.2 Å². The summed E-state index contributed by atoms with van der Waals surface area (Å²) in [6.07, 6.45) is 1.38. The Labute approximate surface area is 246 Å². The summed E-state index contributed by atoms with van der Waals surface area (Å²) in [6, 6.07) is 34.4. The third-order valence-corrected chi connectivity index (χ3v) is 7.55. The van der Waals surface area contributed by atoms with E-state index in [2.05, 4.69) is 5.32 Å². The Morgan fingerprint density at radius 3 is 1.93 bits per heavy atom. The third-order valence-electron chi connectivity index (χ3n) is 6.96. The first-order valence-electron chi connectivity index (χ1n) is 13.6. The van der Waals surface area contributed by atoms with Crippen molar-refractivity contribution in [2.45, 2.75) is 44.7 Å². The summed E-state index contributed by atoms with van der Waals surface area (Å²) in [4.78, 5) is 29.7. The molecule has 40 heavy (non-hydrogen) atoms. The van der Waals surface area contributed by atoms with Crippen molar-refractivity contribution >= 4 is 35.0 Å². The van der Waals surface area contributed by atoms with Crippen molar-refractivity contribution in [3.05, 3.63) is 141 Å². The van der Waals surface area contributed by atoms with Crippen molar-refractivity contribution in [1.82, 2.24) is 10.2 Å². The summed E-state index contributed by atoms with van der Waals surface area (Å²) >= 11 is 12.7. The molecule has 0 saturated heterocycles. The quantitative estimate of drug-likeness (QED) is 0.189. The van der Waals surface area contributed by atoms with E-state index in [0.717, 1.165) is 28.7 Å². The number of nitrogens with zero attached hydrogens (tertiary/aromatic N) is 1. The maximum atomic E-state index is 14.4. The lowest BCUT2D eigenvalue weighted by molar-refractivity contribution is -0.141. The van der Waals surface area contributed by atoms with Gasteiger partial charge in [0, 0.05) is 41.9 Å². The van der Waals surface area contributed by atoms with E-state index in [1.54, 1.807) is 17.0 Å². The molecular weight excluding hydrogens is 539 g/mol. The molecule has 4 aromatic rings. The molecule has 0 aliphatic heterocycles. The van der Waals surface area contributed by atoms with Gasteiger partial charge < -0.3 is 10.2 Å². The molecule has 0 unspecified atom stereocenters. The first-order valence-corrected chi connectivity index (χ1v) is 14.4. The van der Waals surface area contributed by atoms with E-state index in [9.17, 15) is 9.59 Å². The number of hydrogen-bond acceptors (Lipinski definition) is 2. The summed E-state index contributed by atoms with van der Waals surface area (Å²) < 4.78 is 0. The zero-order valence-electron chi connectivity index (χ0n) is 22.6. The number of nitrogens with one attached hydrogen (secondary N) is 1. The van der Waals surface area contributed by atoms with Crippen LogP contribution in [0.3, 0.4) is 0 Å². The maximum absolute atomic E-state index is 14.4. The highest BCUT2D eigenvalue weighted by atomic mass is 35.5. The molecule has 1 N–H and O–H groups in total. The van der Waals surface area contributed by atoms with E-state index < -0.39 is 6.04 Å². The van der Waals surface area contributed by atoms with Gasteiger partial charge in [0.05, 0.1) is 0 Å². The van der Waals surface area contributed by atoms with Crippen LogP contribution >= 0.6 is 23.2 Å². The van der Waals surface area contributed by atoms with Gasteiger partial charge in [-0.2, -0.15) is 0 Å². The molecular formula is C34H34Cl2N2O2. The fourth-order valence-corrected chi connectivity index (χ4v) is 5.31. The Morgan fingerprint density at radius 1 is 0.800 bits per heavy atom. The number of carbonyl (C=O) groups is 2. The molecule has 1 atom stereocenters. The summed E-state index contributed by atoms with van der Waals surface area (Å²) in [5, 5.41) is 4.00. The minimum atomic E-state index is -0.722. The van der Waals surface area contributed by atoms with Gasteiger partial charge in [0.1, 0.15) is 6.04 Å². The fourth-order valence-electron chi connectivity index (χ4n) is 4.84. The highest BCUT2D eigenvalue weighted by Crippen LogP contribution is 2.31. The predicted octanol–water partition coefficient (Wildman–Crippen LogP) is 7.68. The number of benzene rings is 4. The largest absolute Gasteiger partial charge is 0.354 e. The molecule has 6 heteroatoms. The van der Waals surface area contributed by atoms with Crippen LogP contribution in [0.5, 0.6) is 0 Å². The van der Waals surface area contributed by atoms with Crippen molar-refractivity contribution in [3.63, 3.8) is 0 Å². The van der Waals surface area contributed by atoms with Crippen molar-refractivity contribution in [1.29, 1.82) is 0 Å². The summed E-state index contributed by atoms with van der Waals surface area (Å²) in [6.45, 7) is 2.72. The first-order chi connectivity index (χ1) is 19.5. The molecule has 0 saturated carbocycles. The lowest BCUT2D eigenvalue weighted by Crippen LogP contribution is -2.51. The van der Waals surface area contributed by atoms with Gasteiger partial charge in [-0.25, -0.2) is 0 Å². The predicted molar refractivity (Wildman–Crippen MR) is 164 cm³/mol. The lowest BCUT2D eigenvalue weighted by Gasteiger charge is -2.33. The SMILES string of the molecule is CCCNC(=O)[C@@H](Cc1ccccc1)N(Cc1ccc(Cl)cc1Cl)C(=O)CC(c1ccccc1)c1ccccc1. The Balaban J connectivity index is 1.74. The Kier molecular flexibility index (Phi) is 10.8. The molecule has 0 heterocycles. The minimum Gasteiger partial charge on any atom is -0.354 e. The molecule has 4 aromatic carbocycles. The van der Waals surface area contributed by atoms with Crippen molar-refractivity contribution in [3.8, 4) is 0 Å². The monoisotopic (exact) mass is 572 g/mol. The van der Waals surface area contributed by atoms with E-state index in [0.29, 0.717) is 23.0 Å². The maximum Gasteiger partial charge on any atom is 0.243 e. The number of halogens is 2. The van der Waals surface area contributed by atoms with Crippen LogP contribution in [-0.2, 0) is 22.6 Å². The summed E-state index contributed by atoms with van der Waals surface area (Å²) in [5.41, 5.74) is 3.79. The van der Waals surface area contributed by atoms with Gasteiger partial charge in [-0.3, -0.25) is 9.59 Å². The van der Waals surface area contributed by atoms with E-state index in [1.165, 1.54) is 0 Å². The lowest BCUT2D eigenvalue weighted by atomic mass is 9.87. The molecule has 0 aliphatic rings. The normalized spacial score (nSPS) is 11.7. The number of amides is 2. The molecule has 206 valence electrons. The van der Waals surface area contributed by atoms with Gasteiger partial charge >= 0.3 is 0 Å². The van der Waals surface area contributed by atoms with Crippen LogP contribution in [-0.4, -0.2) is 29.3 Å². The average Bonchev–Trinajstić information content (AvgIpc) is 2.98. The van der Waals surface area contributed by atoms with Gasteiger partial charge in [-0.1, -0.05) is 127 Å². The fraction of sp³-hybridized carbons (Fsp3) is 0.235. The van der Waals surface area contributed by atoms with Gasteiger partial charge in [0.25, 0.3) is 0 Å². The van der Waals surface area contributed by atoms with Crippen molar-refractivity contribution in [2.75, 3.05) is 6.54 Å². The first kappa shape index (κ1) is 29.4. The second-order valence-corrected chi connectivity index (χ2v) is 10.7. The molecule has 0 aliphatic carbocycles. The average molecular weight is 574 g/mol. The summed E-state index contributed by atoms with van der Waals surface area (Å²) in [7, 11) is 0. The number of rotatable bonds is 12. The molecule has 4 rings (SSSR count). The van der Waals surface area contributed by atoms with Gasteiger partial charge in [-0.05, 0) is 40.8 Å². The Hall–Kier alpha value is -3.60. The van der Waals surface area contributed by atoms with Crippen LogP contribution in [0.15, 0.2) is 109 Å². The van der Waals surface area contributed by atoms with Crippen LogP contribution in [0, 0.1) is 0 Å². The molecule has 4 nitrogen and oxygen atoms in total. The van der Waals surface area contributed by atoms with Gasteiger partial charge in [-0.15, -0.1) is 0 Å². The zero-order valence-corrected chi connectivity index (χ0v) is 24.1. The highest BCUT2D eigenvalue weighted by Gasteiger charge is 2.32. The van der Waals surface area contributed by atoms with Crippen molar-refractivity contribution in [2.24, 2.45) is 0 Å². The third kappa shape index (κ3) is 7.97. The second-order valence-electron chi connectivity index (χ2n) is 9.83. The van der Waals surface area contributed by atoms with Gasteiger partial charge in [0.15, 0.2) is 0 Å². The Morgan fingerprint density at radius 2 is 1.38 bits per heavy atom. The van der Waals surface area contributed by atoms with Crippen LogP contribution in [0.2, 0.25) is 10.0 Å². The molecule has 0 radical (unpaired) electrons. The molecule has 0 aromatic heterocycles. The van der Waals surface area contributed by atoms with Crippen LogP contribution in [0.25, 0.3) is 0 Å². The highest BCUT2D eigenvalue weighted by molar-refractivity contribution is 6.35.